The van der Waals surface area contributed by atoms with Crippen molar-refractivity contribution >= 4 is 59.2 Å². The van der Waals surface area contributed by atoms with E-state index in [0.29, 0.717) is 55.7 Å². The van der Waals surface area contributed by atoms with E-state index in [1.54, 1.807) is 18.2 Å². The second-order valence-electron chi connectivity index (χ2n) is 19.3. The van der Waals surface area contributed by atoms with Crippen LogP contribution in [-0.2, 0) is 49.6 Å². The summed E-state index contributed by atoms with van der Waals surface area (Å²) in [6.45, 7) is 0.0278. The zero-order chi connectivity index (χ0) is 59.7. The highest BCUT2D eigenvalue weighted by molar-refractivity contribution is 5.98. The Morgan fingerprint density at radius 1 is 0.650 bits per heavy atom. The Labute approximate surface area is 466 Å². The molecule has 80 heavy (non-hydrogen) atoms. The van der Waals surface area contributed by atoms with Crippen molar-refractivity contribution in [3.05, 3.63) is 23.8 Å². The topological polar surface area (TPSA) is 518 Å². The van der Waals surface area contributed by atoms with Crippen LogP contribution >= 0.6 is 0 Å². The summed E-state index contributed by atoms with van der Waals surface area (Å²) in [5.74, 6) is -7.30. The number of carboxylic acids is 1. The average Bonchev–Trinajstić information content (AvgIpc) is 3.98. The average molecular weight is 1140 g/mol. The van der Waals surface area contributed by atoms with Crippen molar-refractivity contribution in [3.63, 3.8) is 0 Å². The molecular weight excluding hydrogens is 1050 g/mol. The van der Waals surface area contributed by atoms with Crippen LogP contribution in [0.5, 0.6) is 11.5 Å². The molecule has 1 heterocycles. The first-order valence-corrected chi connectivity index (χ1v) is 27.0. The van der Waals surface area contributed by atoms with Crippen molar-refractivity contribution in [1.29, 1.82) is 5.41 Å². The lowest BCUT2D eigenvalue weighted by molar-refractivity contribution is -0.143. The Bertz CT molecular complexity index is 2180. The minimum Gasteiger partial charge on any atom is -0.493 e. The maximum atomic E-state index is 14.4. The number of benzene rings is 1. The number of carbonyl (C=O) groups excluding carboxylic acids is 8. The molecule has 0 spiro atoms. The van der Waals surface area contributed by atoms with Gasteiger partial charge in [0.05, 0.1) is 32.9 Å². The second-order valence-corrected chi connectivity index (χ2v) is 19.3. The van der Waals surface area contributed by atoms with Crippen molar-refractivity contribution < 1.29 is 62.8 Å². The molecule has 0 bridgehead atoms. The minimum absolute atomic E-state index is 0.0124. The van der Waals surface area contributed by atoms with E-state index in [9.17, 15) is 53.4 Å². The van der Waals surface area contributed by atoms with E-state index < -0.39 is 121 Å². The third-order valence-electron chi connectivity index (χ3n) is 13.1. The number of nitrogens with two attached hydrogens (primary N) is 7. The molecule has 452 valence electrons. The number of rotatable bonds is 40. The molecule has 0 radical (unpaired) electrons. The van der Waals surface area contributed by atoms with Crippen LogP contribution in [0.1, 0.15) is 95.5 Å². The number of nitrogens with zero attached hydrogens (tertiary/aromatic N) is 1. The van der Waals surface area contributed by atoms with Crippen molar-refractivity contribution in [3.8, 4) is 11.5 Å². The number of carbonyl (C=O) groups is 9. The summed E-state index contributed by atoms with van der Waals surface area (Å²) in [6.07, 6.45) is 1.75. The molecule has 9 atom stereocenters. The fourth-order valence-corrected chi connectivity index (χ4v) is 8.66. The Kier molecular flexibility index (Phi) is 32.7. The Morgan fingerprint density at radius 3 is 1.81 bits per heavy atom. The van der Waals surface area contributed by atoms with Gasteiger partial charge in [-0.3, -0.25) is 43.8 Å². The van der Waals surface area contributed by atoms with Gasteiger partial charge < -0.3 is 107 Å². The van der Waals surface area contributed by atoms with Crippen LogP contribution in [0.3, 0.4) is 0 Å². The number of aliphatic hydroxyl groups is 1. The fourth-order valence-electron chi connectivity index (χ4n) is 8.66. The van der Waals surface area contributed by atoms with E-state index in [1.807, 2.05) is 0 Å². The highest BCUT2D eigenvalue weighted by Gasteiger charge is 2.40. The lowest BCUT2D eigenvalue weighted by Crippen LogP contribution is -2.61. The molecule has 0 aliphatic carbocycles. The van der Waals surface area contributed by atoms with Crippen LogP contribution in [0.4, 0.5) is 0 Å². The van der Waals surface area contributed by atoms with Gasteiger partial charge in [-0.1, -0.05) is 12.5 Å². The molecule has 2 rings (SSSR count). The van der Waals surface area contributed by atoms with E-state index in [1.165, 1.54) is 19.1 Å². The van der Waals surface area contributed by atoms with Crippen LogP contribution in [0.15, 0.2) is 18.2 Å². The number of unbranched alkanes of at least 4 members (excludes halogenated alkanes) is 2. The van der Waals surface area contributed by atoms with E-state index in [4.69, 9.17) is 55.0 Å². The molecule has 1 saturated heterocycles. The maximum Gasteiger partial charge on any atom is 0.326 e. The number of aliphatic carboxylic acids is 1. The molecule has 1 fully saturated rings. The van der Waals surface area contributed by atoms with E-state index in [2.05, 4.69) is 42.5 Å². The number of amides is 8. The van der Waals surface area contributed by atoms with Gasteiger partial charge in [0.15, 0.2) is 17.5 Å². The van der Waals surface area contributed by atoms with Crippen molar-refractivity contribution in [2.75, 3.05) is 66.6 Å². The molecule has 30 heteroatoms. The summed E-state index contributed by atoms with van der Waals surface area (Å²) in [6, 6.07) is -5.53. The third kappa shape index (κ3) is 24.2. The number of aliphatic hydroxyl groups excluding tert-OH is 1. The van der Waals surface area contributed by atoms with Gasteiger partial charge in [0, 0.05) is 26.1 Å². The third-order valence-corrected chi connectivity index (χ3v) is 13.1. The molecular formula is C50H89N17O13. The van der Waals surface area contributed by atoms with Crippen LogP contribution in [-0.4, -0.2) is 195 Å². The normalized spacial score (nSPS) is 16.0. The largest absolute Gasteiger partial charge is 0.493 e. The van der Waals surface area contributed by atoms with Gasteiger partial charge in [0.25, 0.3) is 0 Å². The first-order chi connectivity index (χ1) is 38.2. The standard InChI is InChI=1S/C50H89N17O13/c1-79-38-18-17-29(26-39(38)80-2)25-35(45(73)62-32(12-4-6-20-52)44(72)64-34(49(77)78)15-9-23-59-50(57)58)65-46(74)36-16-10-24-67(36)48(76)33(14-8-22-54)61-40(69)28-60-43(71)31(13-7-21-53)63-47(75)41(37(68)27-55)66-42(70)30(56)11-3-5-19-51/h17-18,26,30-37,41,68H,3-16,19-25,27-28,51-56H2,1-2H3,(H,60,71)(H,61,69)(H,62,73)(H,63,75)(H,64,72)(H,65,74)(H,66,70)(H,77,78)(H4,57,58,59)/t30-,31-,32-,33+,34?,35?,36-,37-,41-/m0/s1. The Morgan fingerprint density at radius 2 is 1.21 bits per heavy atom. The SMILES string of the molecule is COc1ccc(CC(NC(=O)[C@@H]2CCCN2C(=O)[C@@H](CCCN)NC(=O)CNC(=O)[C@H](CCCN)NC(=O)[C@@H](NC(=O)[C@@H](N)CCCCN)[C@@H](O)CN)C(=O)N[C@@H](CCCCN)C(=O)NC(CCCNC(=N)N)C(=O)O)cc1OC. The monoisotopic (exact) mass is 1140 g/mol. The smallest absolute Gasteiger partial charge is 0.326 e. The summed E-state index contributed by atoms with van der Waals surface area (Å²) < 4.78 is 10.8. The first kappa shape index (κ1) is 69.1. The van der Waals surface area contributed by atoms with Gasteiger partial charge in [-0.2, -0.15) is 0 Å². The van der Waals surface area contributed by atoms with Crippen molar-refractivity contribution in [2.24, 2.45) is 40.1 Å². The number of likely N-dealkylation sites (tertiary alicyclic amines) is 1. The molecule has 1 aromatic rings. The molecule has 8 amide bonds. The summed E-state index contributed by atoms with van der Waals surface area (Å²) in [7, 11) is 2.86. The lowest BCUT2D eigenvalue weighted by Gasteiger charge is -2.30. The van der Waals surface area contributed by atoms with Gasteiger partial charge in [-0.25, -0.2) is 4.79 Å². The lowest BCUT2D eigenvalue weighted by atomic mass is 10.0. The molecule has 1 aliphatic heterocycles. The van der Waals surface area contributed by atoms with Crippen LogP contribution in [0.25, 0.3) is 0 Å². The number of methoxy groups -OCH3 is 2. The van der Waals surface area contributed by atoms with Gasteiger partial charge in [0.2, 0.25) is 47.3 Å². The highest BCUT2D eigenvalue weighted by atomic mass is 16.5. The summed E-state index contributed by atoms with van der Waals surface area (Å²) in [5.41, 5.74) is 40.2. The van der Waals surface area contributed by atoms with Gasteiger partial charge in [0.1, 0.15) is 42.3 Å². The number of hydrogen-bond donors (Lipinski definition) is 18. The highest BCUT2D eigenvalue weighted by Crippen LogP contribution is 2.28. The molecule has 2 unspecified atom stereocenters. The van der Waals surface area contributed by atoms with Crippen molar-refractivity contribution in [1.82, 2.24) is 47.4 Å². The summed E-state index contributed by atoms with van der Waals surface area (Å²) >= 11 is 0. The zero-order valence-electron chi connectivity index (χ0n) is 46.1. The zero-order valence-corrected chi connectivity index (χ0v) is 46.1. The number of nitrogens with one attached hydrogen (secondary N) is 9. The molecule has 25 N–H and O–H groups in total. The number of hydrogen-bond acceptors (Lipinski definition) is 19. The minimum atomic E-state index is -1.60. The quantitative estimate of drug-likeness (QED) is 0.0165. The molecule has 1 aliphatic rings. The molecule has 0 saturated carbocycles. The van der Waals surface area contributed by atoms with Gasteiger partial charge >= 0.3 is 5.97 Å². The second kappa shape index (κ2) is 37.8. The van der Waals surface area contributed by atoms with E-state index in [0.717, 1.165) is 0 Å². The number of carboxylic acid groups (broad SMARTS) is 1. The van der Waals surface area contributed by atoms with Crippen LogP contribution < -0.4 is 92.1 Å². The van der Waals surface area contributed by atoms with Gasteiger partial charge in [-0.15, -0.1) is 0 Å². The number of ether oxygens (including phenoxy) is 2. The van der Waals surface area contributed by atoms with Crippen LogP contribution in [0, 0.1) is 5.41 Å². The maximum absolute atomic E-state index is 14.4. The van der Waals surface area contributed by atoms with E-state index in [-0.39, 0.29) is 103 Å². The number of guanidine groups is 1. The van der Waals surface area contributed by atoms with Crippen LogP contribution in [0.2, 0.25) is 0 Å². The Hall–Kier alpha value is -6.96. The fraction of sp³-hybridized carbons (Fsp3) is 0.680. The molecule has 30 nitrogen and oxygen atoms in total. The van der Waals surface area contributed by atoms with Crippen molar-refractivity contribution in [2.45, 2.75) is 151 Å². The summed E-state index contributed by atoms with van der Waals surface area (Å²) in [5, 5.41) is 48.3. The Balaban J connectivity index is 2.37. The predicted octanol–water partition coefficient (Wildman–Crippen LogP) is -6.01. The molecule has 1 aromatic carbocycles. The first-order valence-electron chi connectivity index (χ1n) is 27.0. The molecule has 0 aromatic heterocycles. The van der Waals surface area contributed by atoms with Gasteiger partial charge in [-0.05, 0) is 127 Å². The van der Waals surface area contributed by atoms with E-state index >= 15 is 0 Å². The summed E-state index contributed by atoms with van der Waals surface area (Å²) in [4.78, 5) is 124. The predicted molar refractivity (Wildman–Crippen MR) is 295 cm³/mol.